The van der Waals surface area contributed by atoms with Crippen LogP contribution in [0.25, 0.3) is 16.8 Å². The molecule has 0 atom stereocenters. The van der Waals surface area contributed by atoms with E-state index in [4.69, 9.17) is 0 Å². The molecule has 2 aromatic heterocycles. The summed E-state index contributed by atoms with van der Waals surface area (Å²) in [5.41, 5.74) is 3.69. The minimum atomic E-state index is -0.279. The fraction of sp³-hybridized carbons (Fsp3) is 0. The Labute approximate surface area is 154 Å². The molecule has 2 heterocycles. The SMILES string of the molecule is O=C1c2ccccc2C(=O)c2c1nnn2-c1ccc(-c2cccnc2)cc1. The third kappa shape index (κ3) is 2.31. The van der Waals surface area contributed by atoms with Crippen molar-refractivity contribution in [3.05, 3.63) is 95.6 Å². The molecule has 128 valence electrons. The van der Waals surface area contributed by atoms with Crippen LogP contribution in [0.2, 0.25) is 0 Å². The molecular formula is C21H12N4O2. The predicted octanol–water partition coefficient (Wildman–Crippen LogP) is 3.10. The summed E-state index contributed by atoms with van der Waals surface area (Å²) < 4.78 is 1.43. The molecule has 1 aliphatic carbocycles. The average molecular weight is 352 g/mol. The maximum atomic E-state index is 12.9. The molecule has 1 aliphatic rings. The summed E-state index contributed by atoms with van der Waals surface area (Å²) in [6, 6.07) is 18.1. The number of hydrogen-bond acceptors (Lipinski definition) is 5. The Balaban J connectivity index is 1.60. The van der Waals surface area contributed by atoms with E-state index in [0.29, 0.717) is 16.8 Å². The maximum absolute atomic E-state index is 12.9. The summed E-state index contributed by atoms with van der Waals surface area (Å²) in [5, 5.41) is 8.04. The van der Waals surface area contributed by atoms with Crippen molar-refractivity contribution in [1.29, 1.82) is 0 Å². The van der Waals surface area contributed by atoms with E-state index in [2.05, 4.69) is 15.3 Å². The quantitative estimate of drug-likeness (QED) is 0.488. The van der Waals surface area contributed by atoms with Crippen LogP contribution in [0.1, 0.15) is 32.1 Å². The third-order valence-electron chi connectivity index (χ3n) is 4.62. The summed E-state index contributed by atoms with van der Waals surface area (Å²) in [6.45, 7) is 0. The van der Waals surface area contributed by atoms with Crippen molar-refractivity contribution in [2.75, 3.05) is 0 Å². The number of hydrogen-bond donors (Lipinski definition) is 0. The number of carbonyl (C=O) groups excluding carboxylic acids is 2. The van der Waals surface area contributed by atoms with Gasteiger partial charge in [-0.15, -0.1) is 5.10 Å². The van der Waals surface area contributed by atoms with Gasteiger partial charge in [-0.25, -0.2) is 4.68 Å². The van der Waals surface area contributed by atoms with Crippen molar-refractivity contribution in [2.24, 2.45) is 0 Å². The summed E-state index contributed by atoms with van der Waals surface area (Å²) in [5.74, 6) is -0.528. The highest BCUT2D eigenvalue weighted by atomic mass is 16.1. The molecule has 2 aromatic carbocycles. The lowest BCUT2D eigenvalue weighted by Crippen LogP contribution is -2.22. The van der Waals surface area contributed by atoms with Crippen LogP contribution in [0.5, 0.6) is 0 Å². The van der Waals surface area contributed by atoms with Gasteiger partial charge in [-0.2, -0.15) is 0 Å². The van der Waals surface area contributed by atoms with Gasteiger partial charge in [0.15, 0.2) is 5.69 Å². The zero-order valence-corrected chi connectivity index (χ0v) is 14.0. The van der Waals surface area contributed by atoms with Gasteiger partial charge in [0.1, 0.15) is 5.69 Å². The Morgan fingerprint density at radius 3 is 2.19 bits per heavy atom. The fourth-order valence-corrected chi connectivity index (χ4v) is 3.28. The molecule has 6 nitrogen and oxygen atoms in total. The van der Waals surface area contributed by atoms with Crippen LogP contribution in [-0.4, -0.2) is 31.5 Å². The molecule has 27 heavy (non-hydrogen) atoms. The number of aromatic nitrogens is 4. The van der Waals surface area contributed by atoms with E-state index < -0.39 is 0 Å². The molecule has 0 radical (unpaired) electrons. The molecule has 0 saturated carbocycles. The lowest BCUT2D eigenvalue weighted by Gasteiger charge is -2.14. The Bertz CT molecular complexity index is 1190. The first-order valence-electron chi connectivity index (χ1n) is 8.39. The highest BCUT2D eigenvalue weighted by molar-refractivity contribution is 6.27. The molecule has 0 bridgehead atoms. The Kier molecular flexibility index (Phi) is 3.30. The minimum absolute atomic E-state index is 0.0926. The molecular weight excluding hydrogens is 340 g/mol. The molecule has 4 aromatic rings. The van der Waals surface area contributed by atoms with Crippen LogP contribution in [0.4, 0.5) is 0 Å². The van der Waals surface area contributed by atoms with Crippen molar-refractivity contribution in [3.63, 3.8) is 0 Å². The van der Waals surface area contributed by atoms with Crippen molar-refractivity contribution in [3.8, 4) is 16.8 Å². The largest absolute Gasteiger partial charge is 0.287 e. The molecule has 0 N–H and O–H groups in total. The first-order chi connectivity index (χ1) is 13.2. The summed E-state index contributed by atoms with van der Waals surface area (Å²) in [6.07, 6.45) is 3.51. The summed E-state index contributed by atoms with van der Waals surface area (Å²) in [7, 11) is 0. The second-order valence-electron chi connectivity index (χ2n) is 6.19. The van der Waals surface area contributed by atoms with E-state index in [1.165, 1.54) is 4.68 Å². The van der Waals surface area contributed by atoms with Crippen LogP contribution in [0.15, 0.2) is 73.1 Å². The predicted molar refractivity (Wildman–Crippen MR) is 97.9 cm³/mol. The summed E-state index contributed by atoms with van der Waals surface area (Å²) in [4.78, 5) is 29.7. The Morgan fingerprint density at radius 1 is 0.741 bits per heavy atom. The molecule has 0 aliphatic heterocycles. The van der Waals surface area contributed by atoms with Gasteiger partial charge in [0.2, 0.25) is 11.6 Å². The number of carbonyl (C=O) groups is 2. The Morgan fingerprint density at radius 2 is 1.48 bits per heavy atom. The van der Waals surface area contributed by atoms with E-state index in [-0.39, 0.29) is 23.0 Å². The van der Waals surface area contributed by atoms with E-state index in [1.54, 1.807) is 36.7 Å². The zero-order valence-electron chi connectivity index (χ0n) is 14.0. The highest BCUT2D eigenvalue weighted by Gasteiger charge is 2.35. The van der Waals surface area contributed by atoms with E-state index >= 15 is 0 Å². The van der Waals surface area contributed by atoms with Crippen LogP contribution in [-0.2, 0) is 0 Å². The second-order valence-corrected chi connectivity index (χ2v) is 6.19. The number of nitrogens with zero attached hydrogens (tertiary/aromatic N) is 4. The third-order valence-corrected chi connectivity index (χ3v) is 4.62. The lowest BCUT2D eigenvalue weighted by atomic mass is 9.90. The van der Waals surface area contributed by atoms with Gasteiger partial charge in [-0.1, -0.05) is 47.7 Å². The number of fused-ring (bicyclic) bond motifs is 2. The normalized spacial score (nSPS) is 12.6. The smallest absolute Gasteiger partial charge is 0.216 e. The van der Waals surface area contributed by atoms with Gasteiger partial charge in [0.05, 0.1) is 5.69 Å². The molecule has 0 amide bonds. The van der Waals surface area contributed by atoms with Gasteiger partial charge in [-0.3, -0.25) is 14.6 Å². The van der Waals surface area contributed by atoms with Crippen LogP contribution in [0.3, 0.4) is 0 Å². The van der Waals surface area contributed by atoms with Gasteiger partial charge < -0.3 is 0 Å². The monoisotopic (exact) mass is 352 g/mol. The molecule has 0 fully saturated rings. The summed E-state index contributed by atoms with van der Waals surface area (Å²) >= 11 is 0. The number of ketones is 2. The lowest BCUT2D eigenvalue weighted by molar-refractivity contribution is 0.0972. The van der Waals surface area contributed by atoms with Crippen LogP contribution in [0, 0.1) is 0 Å². The van der Waals surface area contributed by atoms with E-state index in [9.17, 15) is 9.59 Å². The Hall–Kier alpha value is -3.93. The number of rotatable bonds is 2. The van der Waals surface area contributed by atoms with Crippen molar-refractivity contribution in [2.45, 2.75) is 0 Å². The van der Waals surface area contributed by atoms with Gasteiger partial charge in [-0.05, 0) is 29.3 Å². The first-order valence-corrected chi connectivity index (χ1v) is 8.39. The fourth-order valence-electron chi connectivity index (χ4n) is 3.28. The molecule has 0 spiro atoms. The topological polar surface area (TPSA) is 77.7 Å². The van der Waals surface area contributed by atoms with Crippen LogP contribution >= 0.6 is 0 Å². The molecule has 0 saturated heterocycles. The van der Waals surface area contributed by atoms with Gasteiger partial charge in [0.25, 0.3) is 0 Å². The molecule has 6 heteroatoms. The molecule has 5 rings (SSSR count). The minimum Gasteiger partial charge on any atom is -0.287 e. The highest BCUT2D eigenvalue weighted by Crippen LogP contribution is 2.28. The van der Waals surface area contributed by atoms with Gasteiger partial charge in [0, 0.05) is 23.5 Å². The average Bonchev–Trinajstić information content (AvgIpc) is 3.18. The maximum Gasteiger partial charge on any atom is 0.216 e. The number of benzene rings is 2. The first kappa shape index (κ1) is 15.3. The van der Waals surface area contributed by atoms with E-state index in [1.807, 2.05) is 36.4 Å². The van der Waals surface area contributed by atoms with Crippen molar-refractivity contribution >= 4 is 11.6 Å². The van der Waals surface area contributed by atoms with Crippen molar-refractivity contribution < 1.29 is 9.59 Å². The van der Waals surface area contributed by atoms with E-state index in [0.717, 1.165) is 11.1 Å². The standard InChI is InChI=1S/C21H12N4O2/c26-20-16-5-1-2-6-17(16)21(27)19-18(20)23-24-25(19)15-9-7-13(8-10-15)14-4-3-11-22-12-14/h1-12H. The second kappa shape index (κ2) is 5.81. The van der Waals surface area contributed by atoms with Gasteiger partial charge >= 0.3 is 0 Å². The van der Waals surface area contributed by atoms with Crippen LogP contribution < -0.4 is 0 Å². The molecule has 0 unspecified atom stereocenters. The zero-order chi connectivity index (χ0) is 18.4. The van der Waals surface area contributed by atoms with Crippen molar-refractivity contribution in [1.82, 2.24) is 20.0 Å². The number of pyridine rings is 1.